The van der Waals surface area contributed by atoms with Crippen molar-refractivity contribution in [2.24, 2.45) is 0 Å². The van der Waals surface area contributed by atoms with Gasteiger partial charge in [-0.3, -0.25) is 14.5 Å². The first-order chi connectivity index (χ1) is 16.0. The van der Waals surface area contributed by atoms with E-state index < -0.39 is 11.9 Å². The fourth-order valence-corrected chi connectivity index (χ4v) is 4.13. The van der Waals surface area contributed by atoms with Crippen molar-refractivity contribution >= 4 is 46.6 Å². The topological polar surface area (TPSA) is 86.0 Å². The predicted octanol–water partition coefficient (Wildman–Crippen LogP) is 5.79. The summed E-state index contributed by atoms with van der Waals surface area (Å²) in [4.78, 5) is 38.9. The van der Waals surface area contributed by atoms with Crippen molar-refractivity contribution in [3.8, 4) is 11.5 Å². The van der Waals surface area contributed by atoms with E-state index in [9.17, 15) is 14.4 Å². The number of thioether (sulfide) groups is 1. The highest BCUT2D eigenvalue weighted by molar-refractivity contribution is 8.18. The Balaban J connectivity index is 1.55. The summed E-state index contributed by atoms with van der Waals surface area (Å²) < 4.78 is 16.0. The van der Waals surface area contributed by atoms with Crippen LogP contribution in [0, 0.1) is 0 Å². The zero-order valence-electron chi connectivity index (χ0n) is 17.4. The summed E-state index contributed by atoms with van der Waals surface area (Å²) in [5.41, 5.74) is 1.29. The van der Waals surface area contributed by atoms with Crippen molar-refractivity contribution < 1.29 is 28.3 Å². The summed E-state index contributed by atoms with van der Waals surface area (Å²) in [7, 11) is 0. The van der Waals surface area contributed by atoms with Gasteiger partial charge in [-0.1, -0.05) is 35.9 Å². The molecule has 1 fully saturated rings. The molecule has 2 aromatic carbocycles. The van der Waals surface area contributed by atoms with Gasteiger partial charge in [0.1, 0.15) is 0 Å². The Kier molecular flexibility index (Phi) is 6.86. The highest BCUT2D eigenvalue weighted by Crippen LogP contribution is 2.36. The summed E-state index contributed by atoms with van der Waals surface area (Å²) in [6.07, 6.45) is 2.97. The molecule has 0 spiro atoms. The number of carbonyl (C=O) groups excluding carboxylic acids is 3. The van der Waals surface area contributed by atoms with Gasteiger partial charge in [0.15, 0.2) is 11.5 Å². The minimum atomic E-state index is -0.658. The number of furan rings is 1. The van der Waals surface area contributed by atoms with Gasteiger partial charge < -0.3 is 13.9 Å². The van der Waals surface area contributed by atoms with E-state index >= 15 is 0 Å². The van der Waals surface area contributed by atoms with E-state index in [4.69, 9.17) is 25.5 Å². The van der Waals surface area contributed by atoms with Crippen molar-refractivity contribution in [1.29, 1.82) is 0 Å². The van der Waals surface area contributed by atoms with Crippen LogP contribution in [0.4, 0.5) is 4.79 Å². The first-order valence-corrected chi connectivity index (χ1v) is 11.2. The summed E-state index contributed by atoms with van der Waals surface area (Å²) in [6.45, 7) is 2.22. The van der Waals surface area contributed by atoms with Crippen LogP contribution in [0.2, 0.25) is 5.02 Å². The molecule has 0 aliphatic carbocycles. The third-order valence-corrected chi connectivity index (χ3v) is 5.93. The van der Waals surface area contributed by atoms with Gasteiger partial charge in [-0.2, -0.15) is 0 Å². The third kappa shape index (κ3) is 5.13. The van der Waals surface area contributed by atoms with Crippen molar-refractivity contribution in [2.45, 2.75) is 13.5 Å². The maximum atomic E-state index is 12.9. The normalized spacial score (nSPS) is 14.7. The Hall–Kier alpha value is -3.49. The number of amides is 2. The second kappa shape index (κ2) is 9.97. The van der Waals surface area contributed by atoms with Gasteiger partial charge in [-0.05, 0) is 66.2 Å². The second-order valence-electron chi connectivity index (χ2n) is 6.87. The first-order valence-electron chi connectivity index (χ1n) is 9.97. The monoisotopic (exact) mass is 483 g/mol. The number of imide groups is 1. The standard InChI is InChI=1S/C24H18ClNO6S/c1-2-30-20-12-15(9-10-18(20)32-23(28)19-8-5-11-31-19)13-21-22(27)26(24(29)33-21)14-16-6-3-4-7-17(16)25/h3-13H,2,14H2,1H3/b21-13-. The Labute approximate surface area is 198 Å². The zero-order valence-corrected chi connectivity index (χ0v) is 19.0. The van der Waals surface area contributed by atoms with Gasteiger partial charge in [-0.15, -0.1) is 0 Å². The summed E-state index contributed by atoms with van der Waals surface area (Å²) >= 11 is 7.02. The van der Waals surface area contributed by atoms with Gasteiger partial charge in [0.2, 0.25) is 5.76 Å². The van der Waals surface area contributed by atoms with E-state index in [1.165, 1.54) is 12.3 Å². The Morgan fingerprint density at radius 2 is 1.94 bits per heavy atom. The van der Waals surface area contributed by atoms with Crippen molar-refractivity contribution in [1.82, 2.24) is 4.90 Å². The Bertz CT molecular complexity index is 1240. The van der Waals surface area contributed by atoms with E-state index in [-0.39, 0.29) is 28.2 Å². The van der Waals surface area contributed by atoms with E-state index in [1.54, 1.807) is 61.5 Å². The molecule has 1 aliphatic heterocycles. The molecule has 2 heterocycles. The molecule has 0 radical (unpaired) electrons. The number of benzene rings is 2. The second-order valence-corrected chi connectivity index (χ2v) is 8.27. The van der Waals surface area contributed by atoms with Crippen LogP contribution in [-0.4, -0.2) is 28.6 Å². The largest absolute Gasteiger partial charge is 0.490 e. The molecule has 0 unspecified atom stereocenters. The number of halogens is 1. The predicted molar refractivity (Wildman–Crippen MR) is 124 cm³/mol. The van der Waals surface area contributed by atoms with Gasteiger partial charge in [0.05, 0.1) is 24.3 Å². The highest BCUT2D eigenvalue weighted by atomic mass is 35.5. The molecule has 7 nitrogen and oxygen atoms in total. The number of rotatable bonds is 7. The fourth-order valence-electron chi connectivity index (χ4n) is 3.10. The lowest BCUT2D eigenvalue weighted by atomic mass is 10.1. The van der Waals surface area contributed by atoms with Crippen LogP contribution in [-0.2, 0) is 11.3 Å². The van der Waals surface area contributed by atoms with E-state index in [1.807, 2.05) is 0 Å². The van der Waals surface area contributed by atoms with Crippen molar-refractivity contribution in [2.75, 3.05) is 6.61 Å². The number of ether oxygens (including phenoxy) is 2. The van der Waals surface area contributed by atoms with Gasteiger partial charge in [-0.25, -0.2) is 4.79 Å². The molecule has 3 aromatic rings. The van der Waals surface area contributed by atoms with E-state index in [0.717, 1.165) is 16.7 Å². The molecule has 33 heavy (non-hydrogen) atoms. The molecule has 0 N–H and O–H groups in total. The van der Waals surface area contributed by atoms with Crippen LogP contribution in [0.15, 0.2) is 70.2 Å². The lowest BCUT2D eigenvalue weighted by Gasteiger charge is -2.13. The van der Waals surface area contributed by atoms with Crippen molar-refractivity contribution in [3.05, 3.63) is 87.7 Å². The molecule has 2 amide bonds. The Morgan fingerprint density at radius 1 is 1.12 bits per heavy atom. The zero-order chi connectivity index (χ0) is 23.4. The summed E-state index contributed by atoms with van der Waals surface area (Å²) in [6, 6.07) is 15.0. The molecule has 0 atom stereocenters. The number of hydrogen-bond donors (Lipinski definition) is 0. The average molecular weight is 484 g/mol. The molecule has 9 heteroatoms. The van der Waals surface area contributed by atoms with E-state index in [2.05, 4.69) is 0 Å². The summed E-state index contributed by atoms with van der Waals surface area (Å²) in [5, 5.41) is 0.113. The third-order valence-electron chi connectivity index (χ3n) is 4.65. The highest BCUT2D eigenvalue weighted by Gasteiger charge is 2.35. The molecule has 4 rings (SSSR count). The smallest absolute Gasteiger partial charge is 0.379 e. The first kappa shape index (κ1) is 22.7. The lowest BCUT2D eigenvalue weighted by Crippen LogP contribution is -2.27. The molecular formula is C24H18ClNO6S. The van der Waals surface area contributed by atoms with Crippen molar-refractivity contribution in [3.63, 3.8) is 0 Å². The molecule has 1 saturated heterocycles. The number of carbonyl (C=O) groups is 3. The summed E-state index contributed by atoms with van der Waals surface area (Å²) in [5.74, 6) is -0.469. The molecule has 168 valence electrons. The quantitative estimate of drug-likeness (QED) is 0.239. The molecule has 0 bridgehead atoms. The number of hydrogen-bond acceptors (Lipinski definition) is 7. The Morgan fingerprint density at radius 3 is 2.67 bits per heavy atom. The average Bonchev–Trinajstić information content (AvgIpc) is 3.42. The number of esters is 1. The van der Waals surface area contributed by atoms with Crippen LogP contribution in [0.5, 0.6) is 11.5 Å². The maximum absolute atomic E-state index is 12.9. The lowest BCUT2D eigenvalue weighted by molar-refractivity contribution is -0.123. The molecular weight excluding hydrogens is 466 g/mol. The maximum Gasteiger partial charge on any atom is 0.379 e. The van der Waals surface area contributed by atoms with Crippen LogP contribution in [0.3, 0.4) is 0 Å². The molecule has 1 aromatic heterocycles. The van der Waals surface area contributed by atoms with Gasteiger partial charge in [0.25, 0.3) is 11.1 Å². The van der Waals surface area contributed by atoms with Crippen LogP contribution in [0.25, 0.3) is 6.08 Å². The minimum Gasteiger partial charge on any atom is -0.490 e. The van der Waals surface area contributed by atoms with Crippen LogP contribution in [0.1, 0.15) is 28.6 Å². The molecule has 0 saturated carbocycles. The number of nitrogens with zero attached hydrogens (tertiary/aromatic N) is 1. The van der Waals surface area contributed by atoms with Gasteiger partial charge in [0, 0.05) is 5.02 Å². The fraction of sp³-hybridized carbons (Fsp3) is 0.125. The van der Waals surface area contributed by atoms with Crippen LogP contribution >= 0.6 is 23.4 Å². The minimum absolute atomic E-state index is 0.0636. The molecule has 1 aliphatic rings. The SMILES string of the molecule is CCOc1cc(/C=C2\SC(=O)N(Cc3ccccc3Cl)C2=O)ccc1OC(=O)c1ccco1. The van der Waals surface area contributed by atoms with Crippen LogP contribution < -0.4 is 9.47 Å². The van der Waals surface area contributed by atoms with E-state index in [0.29, 0.717) is 28.5 Å². The van der Waals surface area contributed by atoms with Gasteiger partial charge >= 0.3 is 5.97 Å².